The summed E-state index contributed by atoms with van der Waals surface area (Å²) in [6.45, 7) is 2.43. The van der Waals surface area contributed by atoms with Crippen LogP contribution in [0.25, 0.3) is 34.1 Å². The number of hydrogen-bond acceptors (Lipinski definition) is 7. The van der Waals surface area contributed by atoms with Gasteiger partial charge in [0.25, 0.3) is 5.89 Å². The van der Waals surface area contributed by atoms with Crippen molar-refractivity contribution in [1.82, 2.24) is 20.2 Å². The Morgan fingerprint density at radius 2 is 1.59 bits per heavy atom. The van der Waals surface area contributed by atoms with Gasteiger partial charge in [0.2, 0.25) is 11.7 Å². The molecule has 0 aliphatic rings. The highest BCUT2D eigenvalue weighted by molar-refractivity contribution is 5.90. The minimum atomic E-state index is 0.270. The summed E-state index contributed by atoms with van der Waals surface area (Å²) >= 11 is 0. The maximum atomic E-state index is 5.83. The van der Waals surface area contributed by atoms with E-state index in [1.807, 2.05) is 73.7 Å². The van der Waals surface area contributed by atoms with Crippen LogP contribution in [0.3, 0.4) is 0 Å². The lowest BCUT2D eigenvalue weighted by atomic mass is 10.2. The van der Waals surface area contributed by atoms with Gasteiger partial charge in [-0.2, -0.15) is 0 Å². The van der Waals surface area contributed by atoms with Crippen molar-refractivity contribution in [1.29, 1.82) is 0 Å². The zero-order valence-corrected chi connectivity index (χ0v) is 15.7. The van der Waals surface area contributed by atoms with Crippen molar-refractivity contribution in [2.75, 3.05) is 5.32 Å². The summed E-state index contributed by atoms with van der Waals surface area (Å²) in [5.74, 6) is 3.45. The number of rotatable bonds is 5. The van der Waals surface area contributed by atoms with Crippen LogP contribution < -0.4 is 5.32 Å². The molecule has 0 atom stereocenters. The first-order chi connectivity index (χ1) is 14.3. The number of fused-ring (bicyclic) bond motifs is 1. The molecule has 0 amide bonds. The van der Waals surface area contributed by atoms with Gasteiger partial charge in [0, 0.05) is 10.9 Å². The number of nitrogens with one attached hydrogen (secondary N) is 1. The molecule has 7 nitrogen and oxygen atoms in total. The predicted octanol–water partition coefficient (Wildman–Crippen LogP) is 4.86. The average molecular weight is 383 g/mol. The predicted molar refractivity (Wildman–Crippen MR) is 109 cm³/mol. The minimum absolute atomic E-state index is 0.270. The normalized spacial score (nSPS) is 11.1. The van der Waals surface area contributed by atoms with Gasteiger partial charge in [-0.25, -0.2) is 9.97 Å². The van der Waals surface area contributed by atoms with Gasteiger partial charge in [-0.1, -0.05) is 30.3 Å². The number of para-hydroxylation sites is 1. The zero-order valence-electron chi connectivity index (χ0n) is 15.7. The van der Waals surface area contributed by atoms with Crippen LogP contribution in [-0.4, -0.2) is 20.2 Å². The fourth-order valence-electron chi connectivity index (χ4n) is 3.07. The van der Waals surface area contributed by atoms with Crippen molar-refractivity contribution >= 4 is 16.7 Å². The van der Waals surface area contributed by atoms with Crippen LogP contribution in [0.15, 0.2) is 75.6 Å². The highest BCUT2D eigenvalue weighted by Gasteiger charge is 2.16. The topological polar surface area (TPSA) is 89.9 Å². The Kier molecular flexibility index (Phi) is 4.25. The van der Waals surface area contributed by atoms with Gasteiger partial charge >= 0.3 is 0 Å². The lowest BCUT2D eigenvalue weighted by Gasteiger charge is -2.08. The highest BCUT2D eigenvalue weighted by Crippen LogP contribution is 2.27. The fourth-order valence-corrected chi connectivity index (χ4v) is 3.07. The number of aromatic nitrogens is 4. The average Bonchev–Trinajstić information content (AvgIpc) is 3.42. The molecule has 5 rings (SSSR count). The van der Waals surface area contributed by atoms with Crippen LogP contribution in [0.1, 0.15) is 11.5 Å². The zero-order chi connectivity index (χ0) is 19.6. The number of benzene rings is 2. The Balaban J connectivity index is 1.52. The molecule has 0 saturated carbocycles. The first kappa shape index (κ1) is 17.1. The van der Waals surface area contributed by atoms with Crippen molar-refractivity contribution in [2.45, 2.75) is 13.5 Å². The third-order valence-electron chi connectivity index (χ3n) is 4.47. The van der Waals surface area contributed by atoms with E-state index in [-0.39, 0.29) is 5.89 Å². The second kappa shape index (κ2) is 7.20. The molecule has 3 aromatic heterocycles. The monoisotopic (exact) mass is 383 g/mol. The molecule has 3 heterocycles. The second-order valence-electron chi connectivity index (χ2n) is 6.56. The Labute approximate surface area is 166 Å². The maximum absolute atomic E-state index is 5.83. The van der Waals surface area contributed by atoms with Gasteiger partial charge in [-0.3, -0.25) is 0 Å². The summed E-state index contributed by atoms with van der Waals surface area (Å²) < 4.78 is 11.5. The molecule has 0 bridgehead atoms. The third-order valence-corrected chi connectivity index (χ3v) is 4.47. The summed E-state index contributed by atoms with van der Waals surface area (Å²) in [5.41, 5.74) is 1.63. The molecule has 2 aromatic carbocycles. The van der Waals surface area contributed by atoms with Gasteiger partial charge < -0.3 is 14.2 Å². The van der Waals surface area contributed by atoms with E-state index in [1.165, 1.54) is 0 Å². The van der Waals surface area contributed by atoms with E-state index in [0.29, 0.717) is 24.1 Å². The lowest BCUT2D eigenvalue weighted by molar-refractivity contribution is 0.490. The molecule has 0 saturated heterocycles. The Morgan fingerprint density at radius 3 is 2.41 bits per heavy atom. The van der Waals surface area contributed by atoms with E-state index in [1.54, 1.807) is 0 Å². The fraction of sp³-hybridized carbons (Fsp3) is 0.0909. The molecule has 0 fully saturated rings. The van der Waals surface area contributed by atoms with Crippen molar-refractivity contribution < 1.29 is 8.83 Å². The smallest absolute Gasteiger partial charge is 0.286 e. The van der Waals surface area contributed by atoms with Gasteiger partial charge in [-0.05, 0) is 43.3 Å². The van der Waals surface area contributed by atoms with Gasteiger partial charge in [0.05, 0.1) is 12.1 Å². The lowest BCUT2D eigenvalue weighted by Crippen LogP contribution is -2.03. The van der Waals surface area contributed by atoms with E-state index in [4.69, 9.17) is 8.83 Å². The third kappa shape index (κ3) is 3.45. The van der Waals surface area contributed by atoms with Crippen LogP contribution in [0, 0.1) is 6.92 Å². The standard InChI is InChI=1S/C22H17N5O2/c1-14-11-12-16(28-14)13-23-19-17-9-5-6-10-18(17)24-20(25-19)22-27-26-21(29-22)15-7-3-2-4-8-15/h2-12H,13H2,1H3,(H,23,24,25). The van der Waals surface area contributed by atoms with E-state index >= 15 is 0 Å². The molecule has 0 spiro atoms. The highest BCUT2D eigenvalue weighted by atomic mass is 16.4. The number of anilines is 1. The van der Waals surface area contributed by atoms with Crippen molar-refractivity contribution in [3.05, 3.63) is 78.3 Å². The van der Waals surface area contributed by atoms with E-state index in [0.717, 1.165) is 28.0 Å². The minimum Gasteiger partial charge on any atom is -0.465 e. The van der Waals surface area contributed by atoms with Gasteiger partial charge in [0.15, 0.2) is 0 Å². The first-order valence-electron chi connectivity index (χ1n) is 9.21. The molecule has 29 heavy (non-hydrogen) atoms. The Morgan fingerprint density at radius 1 is 0.793 bits per heavy atom. The second-order valence-corrected chi connectivity index (χ2v) is 6.56. The molecular formula is C22H17N5O2. The van der Waals surface area contributed by atoms with Crippen LogP contribution in [0.5, 0.6) is 0 Å². The Bertz CT molecular complexity index is 1280. The largest absolute Gasteiger partial charge is 0.465 e. The number of hydrogen-bond donors (Lipinski definition) is 1. The molecular weight excluding hydrogens is 366 g/mol. The summed E-state index contributed by atoms with van der Waals surface area (Å²) in [6, 6.07) is 21.3. The van der Waals surface area contributed by atoms with Crippen LogP contribution in [-0.2, 0) is 6.54 Å². The van der Waals surface area contributed by atoms with Crippen molar-refractivity contribution in [3.8, 4) is 23.2 Å². The molecule has 0 radical (unpaired) electrons. The summed E-state index contributed by atoms with van der Waals surface area (Å²) in [6.07, 6.45) is 0. The molecule has 0 aliphatic heterocycles. The van der Waals surface area contributed by atoms with Crippen molar-refractivity contribution in [3.63, 3.8) is 0 Å². The molecule has 1 N–H and O–H groups in total. The first-order valence-corrected chi connectivity index (χ1v) is 9.21. The van der Waals surface area contributed by atoms with E-state index < -0.39 is 0 Å². The van der Waals surface area contributed by atoms with Gasteiger partial charge in [-0.15, -0.1) is 10.2 Å². The van der Waals surface area contributed by atoms with Crippen LogP contribution >= 0.6 is 0 Å². The van der Waals surface area contributed by atoms with Gasteiger partial charge in [0.1, 0.15) is 17.3 Å². The number of nitrogens with zero attached hydrogens (tertiary/aromatic N) is 4. The molecule has 7 heteroatoms. The van der Waals surface area contributed by atoms with Crippen molar-refractivity contribution in [2.24, 2.45) is 0 Å². The van der Waals surface area contributed by atoms with E-state index in [2.05, 4.69) is 25.5 Å². The molecule has 0 aliphatic carbocycles. The summed E-state index contributed by atoms with van der Waals surface area (Å²) in [5, 5.41) is 12.5. The van der Waals surface area contributed by atoms with E-state index in [9.17, 15) is 0 Å². The molecule has 142 valence electrons. The van der Waals surface area contributed by atoms with Crippen LogP contribution in [0.4, 0.5) is 5.82 Å². The molecule has 5 aromatic rings. The van der Waals surface area contributed by atoms with Crippen LogP contribution in [0.2, 0.25) is 0 Å². The summed E-state index contributed by atoms with van der Waals surface area (Å²) in [7, 11) is 0. The molecule has 0 unspecified atom stereocenters. The summed E-state index contributed by atoms with van der Waals surface area (Å²) in [4.78, 5) is 9.24. The number of furan rings is 1. The quantitative estimate of drug-likeness (QED) is 0.463. The SMILES string of the molecule is Cc1ccc(CNc2nc(-c3nnc(-c4ccccc4)o3)nc3ccccc23)o1. The number of aryl methyl sites for hydroxylation is 1. The Hall–Kier alpha value is -4.00. The maximum Gasteiger partial charge on any atom is 0.286 e.